The molecule has 0 spiro atoms. The van der Waals surface area contributed by atoms with Crippen molar-refractivity contribution in [2.75, 3.05) is 37.6 Å². The zero-order chi connectivity index (χ0) is 20.2. The highest BCUT2D eigenvalue weighted by Crippen LogP contribution is 2.32. The summed E-state index contributed by atoms with van der Waals surface area (Å²) in [5.74, 6) is 0.370. The van der Waals surface area contributed by atoms with Gasteiger partial charge in [0, 0.05) is 36.4 Å². The molecule has 2 aliphatic heterocycles. The number of hydrogen-bond donors (Lipinski definition) is 1. The maximum atomic E-state index is 14.6. The minimum Gasteiger partial charge on any atom is -0.357 e. The molecule has 154 valence electrons. The van der Waals surface area contributed by atoms with Crippen molar-refractivity contribution in [2.24, 2.45) is 0 Å². The molecule has 0 radical (unpaired) electrons. The Labute approximate surface area is 175 Å². The quantitative estimate of drug-likeness (QED) is 0.772. The number of nitrogens with one attached hydrogen (secondary N) is 1. The van der Waals surface area contributed by atoms with Crippen LogP contribution in [0.5, 0.6) is 0 Å². The third-order valence-corrected chi connectivity index (χ3v) is 6.14. The molecule has 3 heterocycles. The number of likely N-dealkylation sites (tertiary alicyclic amines) is 1. The van der Waals surface area contributed by atoms with Crippen molar-refractivity contribution in [1.29, 1.82) is 0 Å². The average Bonchev–Trinajstić information content (AvgIpc) is 3.44. The maximum absolute atomic E-state index is 14.6. The number of anilines is 1. The molecule has 2 saturated heterocycles. The van der Waals surface area contributed by atoms with E-state index < -0.39 is 0 Å². The maximum Gasteiger partial charge on any atom is 0.252 e. The van der Waals surface area contributed by atoms with Crippen LogP contribution in [-0.4, -0.2) is 48.5 Å². The third kappa shape index (κ3) is 4.54. The summed E-state index contributed by atoms with van der Waals surface area (Å²) in [7, 11) is 0. The van der Waals surface area contributed by atoms with Gasteiger partial charge >= 0.3 is 0 Å². The molecule has 0 aliphatic carbocycles. The Bertz CT molecular complexity index is 828. The summed E-state index contributed by atoms with van der Waals surface area (Å²) in [6.45, 7) is 4.07. The lowest BCUT2D eigenvalue weighted by atomic mass is 10.0. The monoisotopic (exact) mass is 416 g/mol. The summed E-state index contributed by atoms with van der Waals surface area (Å²) in [5, 5.41) is 3.35. The van der Waals surface area contributed by atoms with E-state index in [1.165, 1.54) is 18.9 Å². The predicted octanol–water partition coefficient (Wildman–Crippen LogP) is 4.04. The highest BCUT2D eigenvalue weighted by atomic mass is 35.5. The molecule has 1 amide bonds. The fourth-order valence-corrected chi connectivity index (χ4v) is 4.53. The minimum absolute atomic E-state index is 0.206. The topological polar surface area (TPSA) is 48.5 Å². The van der Waals surface area contributed by atoms with E-state index in [0.717, 1.165) is 44.8 Å². The van der Waals surface area contributed by atoms with E-state index in [0.29, 0.717) is 22.7 Å². The van der Waals surface area contributed by atoms with E-state index in [2.05, 4.69) is 20.1 Å². The molecule has 0 bridgehead atoms. The van der Waals surface area contributed by atoms with Crippen LogP contribution in [0, 0.1) is 5.82 Å². The number of halogens is 2. The van der Waals surface area contributed by atoms with Gasteiger partial charge in [0.25, 0.3) is 5.91 Å². The summed E-state index contributed by atoms with van der Waals surface area (Å²) in [5.41, 5.74) is 0.964. The first-order valence-electron chi connectivity index (χ1n) is 10.3. The summed E-state index contributed by atoms with van der Waals surface area (Å²) in [4.78, 5) is 21.6. The normalized spacial score (nSPS) is 18.2. The molecular weight excluding hydrogens is 391 g/mol. The highest BCUT2D eigenvalue weighted by molar-refractivity contribution is 6.31. The molecule has 2 fully saturated rings. The Balaban J connectivity index is 1.46. The minimum atomic E-state index is -0.333. The predicted molar refractivity (Wildman–Crippen MR) is 113 cm³/mol. The summed E-state index contributed by atoms with van der Waals surface area (Å²) >= 11 is 6.32. The number of benzene rings is 1. The van der Waals surface area contributed by atoms with Gasteiger partial charge < -0.3 is 10.2 Å². The number of rotatable bonds is 6. The molecule has 29 heavy (non-hydrogen) atoms. The number of pyridine rings is 1. The first-order chi connectivity index (χ1) is 14.1. The van der Waals surface area contributed by atoms with Gasteiger partial charge in [-0.05, 0) is 63.0 Å². The number of amides is 1. The van der Waals surface area contributed by atoms with Gasteiger partial charge in [-0.25, -0.2) is 9.37 Å². The van der Waals surface area contributed by atoms with Crippen LogP contribution in [0.3, 0.4) is 0 Å². The molecule has 2 aromatic rings. The van der Waals surface area contributed by atoms with Gasteiger partial charge in [0.2, 0.25) is 0 Å². The fourth-order valence-electron chi connectivity index (χ4n) is 4.24. The van der Waals surface area contributed by atoms with E-state index in [9.17, 15) is 9.18 Å². The molecule has 4 rings (SSSR count). The molecule has 7 heteroatoms. The summed E-state index contributed by atoms with van der Waals surface area (Å²) in [6.07, 6.45) is 6.11. The van der Waals surface area contributed by atoms with Crippen molar-refractivity contribution in [3.05, 3.63) is 58.5 Å². The standard InChI is InChI=1S/C22H26ClFN4O/c23-17-6-5-7-18(24)21(17)19(27-10-1-2-11-27)15-26-22(29)16-8-9-20(25-14-16)28-12-3-4-13-28/h5-9,14,19H,1-4,10-13,15H2,(H,26,29). The van der Waals surface area contributed by atoms with Crippen molar-refractivity contribution in [1.82, 2.24) is 15.2 Å². The van der Waals surface area contributed by atoms with Crippen LogP contribution in [-0.2, 0) is 0 Å². The van der Waals surface area contributed by atoms with E-state index >= 15 is 0 Å². The van der Waals surface area contributed by atoms with Gasteiger partial charge in [-0.1, -0.05) is 17.7 Å². The van der Waals surface area contributed by atoms with Gasteiger partial charge in [-0.2, -0.15) is 0 Å². The van der Waals surface area contributed by atoms with Gasteiger partial charge in [0.1, 0.15) is 11.6 Å². The van der Waals surface area contributed by atoms with Crippen LogP contribution >= 0.6 is 11.6 Å². The second-order valence-corrected chi connectivity index (χ2v) is 8.11. The van der Waals surface area contributed by atoms with Crippen LogP contribution in [0.1, 0.15) is 47.6 Å². The number of hydrogen-bond acceptors (Lipinski definition) is 4. The number of aromatic nitrogens is 1. The Morgan fingerprint density at radius 3 is 2.48 bits per heavy atom. The smallest absolute Gasteiger partial charge is 0.252 e. The van der Waals surface area contributed by atoms with Gasteiger partial charge in [0.05, 0.1) is 11.6 Å². The first-order valence-corrected chi connectivity index (χ1v) is 10.7. The van der Waals surface area contributed by atoms with Crippen molar-refractivity contribution < 1.29 is 9.18 Å². The Hall–Kier alpha value is -2.18. The molecule has 2 aliphatic rings. The molecule has 1 aromatic carbocycles. The number of nitrogens with zero attached hydrogens (tertiary/aromatic N) is 3. The van der Waals surface area contributed by atoms with Gasteiger partial charge in [-0.3, -0.25) is 9.69 Å². The van der Waals surface area contributed by atoms with Gasteiger partial charge in [0.15, 0.2) is 0 Å². The van der Waals surface area contributed by atoms with Crippen molar-refractivity contribution in [3.8, 4) is 0 Å². The average molecular weight is 417 g/mol. The molecule has 1 unspecified atom stereocenters. The Morgan fingerprint density at radius 1 is 1.10 bits per heavy atom. The molecular formula is C22H26ClFN4O. The SMILES string of the molecule is O=C(NCC(c1c(F)cccc1Cl)N1CCCC1)c1ccc(N2CCCC2)nc1. The number of carbonyl (C=O) groups excluding carboxylic acids is 1. The Kier molecular flexibility index (Phi) is 6.31. The van der Waals surface area contributed by atoms with Gasteiger partial charge in [-0.15, -0.1) is 0 Å². The zero-order valence-electron chi connectivity index (χ0n) is 16.4. The molecule has 1 aromatic heterocycles. The second-order valence-electron chi connectivity index (χ2n) is 7.70. The fraction of sp³-hybridized carbons (Fsp3) is 0.455. The lowest BCUT2D eigenvalue weighted by Crippen LogP contribution is -2.37. The van der Waals surface area contributed by atoms with Crippen LogP contribution < -0.4 is 10.2 Å². The van der Waals surface area contributed by atoms with Crippen LogP contribution in [0.4, 0.5) is 10.2 Å². The lowest BCUT2D eigenvalue weighted by molar-refractivity contribution is 0.0937. The second kappa shape index (κ2) is 9.09. The first kappa shape index (κ1) is 20.1. The van der Waals surface area contributed by atoms with Crippen molar-refractivity contribution in [3.63, 3.8) is 0 Å². The summed E-state index contributed by atoms with van der Waals surface area (Å²) in [6, 6.07) is 8.14. The lowest BCUT2D eigenvalue weighted by Gasteiger charge is -2.29. The Morgan fingerprint density at radius 2 is 1.83 bits per heavy atom. The molecule has 1 N–H and O–H groups in total. The summed E-state index contributed by atoms with van der Waals surface area (Å²) < 4.78 is 14.6. The van der Waals surface area contributed by atoms with Crippen molar-refractivity contribution in [2.45, 2.75) is 31.7 Å². The number of carbonyl (C=O) groups is 1. The zero-order valence-corrected chi connectivity index (χ0v) is 17.2. The van der Waals surface area contributed by atoms with E-state index in [-0.39, 0.29) is 17.8 Å². The van der Waals surface area contributed by atoms with E-state index in [1.807, 2.05) is 6.07 Å². The van der Waals surface area contributed by atoms with Crippen LogP contribution in [0.2, 0.25) is 5.02 Å². The van der Waals surface area contributed by atoms with Crippen LogP contribution in [0.25, 0.3) is 0 Å². The molecule has 0 saturated carbocycles. The van der Waals surface area contributed by atoms with Crippen LogP contribution in [0.15, 0.2) is 36.5 Å². The largest absolute Gasteiger partial charge is 0.357 e. The van der Waals surface area contributed by atoms with E-state index in [4.69, 9.17) is 11.6 Å². The third-order valence-electron chi connectivity index (χ3n) is 5.81. The van der Waals surface area contributed by atoms with Crippen molar-refractivity contribution >= 4 is 23.3 Å². The molecule has 5 nitrogen and oxygen atoms in total. The van der Waals surface area contributed by atoms with E-state index in [1.54, 1.807) is 24.4 Å². The molecule has 1 atom stereocenters. The highest BCUT2D eigenvalue weighted by Gasteiger charge is 2.28.